The molecule has 0 aromatic heterocycles. The summed E-state index contributed by atoms with van der Waals surface area (Å²) in [5.74, 6) is 0. The third kappa shape index (κ3) is 2.42. The zero-order chi connectivity index (χ0) is 5.15. The van der Waals surface area contributed by atoms with E-state index in [0.29, 0.717) is 9.81 Å². The average Bonchev–Trinajstić information content (AvgIpc) is 1.36. The Balaban J connectivity index is 3.57. The van der Waals surface area contributed by atoms with Crippen molar-refractivity contribution in [3.8, 4) is 0 Å². The molecule has 0 aliphatic carbocycles. The van der Waals surface area contributed by atoms with E-state index in [-0.39, 0.29) is 0 Å². The number of thiol groups is 2. The first-order valence-corrected chi connectivity index (χ1v) is 2.30. The molecule has 0 aliphatic rings. The van der Waals surface area contributed by atoms with E-state index in [2.05, 4.69) is 38.4 Å². The second-order valence-corrected chi connectivity index (χ2v) is 1.97. The molecule has 0 radical (unpaired) electrons. The van der Waals surface area contributed by atoms with Crippen molar-refractivity contribution in [3.63, 3.8) is 0 Å². The second-order valence-electron chi connectivity index (χ2n) is 0.893. The van der Waals surface area contributed by atoms with Gasteiger partial charge in [0.05, 0.1) is 0 Å². The first-order valence-electron chi connectivity index (χ1n) is 1.40. The van der Waals surface area contributed by atoms with Crippen LogP contribution < -0.4 is 0 Å². The Kier molecular flexibility index (Phi) is 2.44. The molecule has 0 amide bonds. The van der Waals surface area contributed by atoms with Crippen LogP contribution in [-0.2, 0) is 0 Å². The zero-order valence-corrected chi connectivity index (χ0v) is 5.10. The molecule has 0 saturated heterocycles. The van der Waals surface area contributed by atoms with E-state index in [1.807, 2.05) is 0 Å². The van der Waals surface area contributed by atoms with Crippen molar-refractivity contribution in [2.45, 2.75) is 0 Å². The van der Waals surface area contributed by atoms with E-state index in [4.69, 9.17) is 0 Å². The zero-order valence-electron chi connectivity index (χ0n) is 3.31. The molecule has 0 heterocycles. The Morgan fingerprint density at radius 2 is 1.17 bits per heavy atom. The summed E-state index contributed by atoms with van der Waals surface area (Å²) in [4.78, 5) is 1.25. The van der Waals surface area contributed by atoms with Crippen LogP contribution >= 0.6 is 25.3 Å². The van der Waals surface area contributed by atoms with Crippen molar-refractivity contribution in [2.24, 2.45) is 0 Å². The highest BCUT2D eigenvalue weighted by atomic mass is 32.1. The number of hydrogen-bond donors (Lipinski definition) is 2. The maximum Gasteiger partial charge on any atom is 0.00956 e. The first-order chi connectivity index (χ1) is 2.64. The normalized spacial score (nSPS) is 7.67. The van der Waals surface area contributed by atoms with E-state index in [9.17, 15) is 0 Å². The van der Waals surface area contributed by atoms with Gasteiger partial charge < -0.3 is 0 Å². The van der Waals surface area contributed by atoms with Gasteiger partial charge in [0, 0.05) is 9.81 Å². The Bertz CT molecular complexity index is 71.5. The van der Waals surface area contributed by atoms with Crippen molar-refractivity contribution in [2.75, 3.05) is 0 Å². The lowest BCUT2D eigenvalue weighted by molar-refractivity contribution is 2.00. The van der Waals surface area contributed by atoms with Crippen molar-refractivity contribution in [1.82, 2.24) is 0 Å². The maximum atomic E-state index is 3.82. The quantitative estimate of drug-likeness (QED) is 0.381. The fourth-order valence-electron chi connectivity index (χ4n) is 0. The largest absolute Gasteiger partial charge is 0.143 e. The summed E-state index contributed by atoms with van der Waals surface area (Å²) >= 11 is 7.65. The number of hydrogen-bond acceptors (Lipinski definition) is 2. The summed E-state index contributed by atoms with van der Waals surface area (Å²) in [7, 11) is 0. The van der Waals surface area contributed by atoms with Crippen LogP contribution in [0.3, 0.4) is 0 Å². The molecule has 0 unspecified atom stereocenters. The van der Waals surface area contributed by atoms with Crippen LogP contribution in [0.15, 0.2) is 23.0 Å². The molecule has 2 heteroatoms. The molecule has 0 aromatic carbocycles. The minimum absolute atomic E-state index is 0.623. The molecule has 0 N–H and O–H groups in total. The Morgan fingerprint density at radius 3 is 1.17 bits per heavy atom. The maximum absolute atomic E-state index is 3.82. The van der Waals surface area contributed by atoms with E-state index in [1.54, 1.807) is 0 Å². The molecule has 0 fully saturated rings. The highest BCUT2D eigenvalue weighted by Crippen LogP contribution is 2.10. The van der Waals surface area contributed by atoms with Crippen LogP contribution in [0.4, 0.5) is 0 Å². The van der Waals surface area contributed by atoms with Gasteiger partial charge in [-0.05, 0) is 0 Å². The van der Waals surface area contributed by atoms with Crippen LogP contribution in [0.25, 0.3) is 0 Å². The smallest absolute Gasteiger partial charge is 0.00956 e. The molecular weight excluding hydrogens is 112 g/mol. The second kappa shape index (κ2) is 2.37. The third-order valence-corrected chi connectivity index (χ3v) is 1.05. The Morgan fingerprint density at radius 1 is 1.00 bits per heavy atom. The summed E-state index contributed by atoms with van der Waals surface area (Å²) in [6, 6.07) is 0. The van der Waals surface area contributed by atoms with Crippen molar-refractivity contribution >= 4 is 25.3 Å². The van der Waals surface area contributed by atoms with Gasteiger partial charge in [0.1, 0.15) is 0 Å². The van der Waals surface area contributed by atoms with Gasteiger partial charge in [0.2, 0.25) is 0 Å². The van der Waals surface area contributed by atoms with Gasteiger partial charge in [-0.1, -0.05) is 13.2 Å². The standard InChI is InChI=1S/C4H6S2/c1-3(5)4(2)6/h5-6H,1-2H2. The lowest BCUT2D eigenvalue weighted by atomic mass is 10.6. The fourth-order valence-corrected chi connectivity index (χ4v) is 0. The molecule has 0 aromatic rings. The number of rotatable bonds is 1. The summed E-state index contributed by atoms with van der Waals surface area (Å²) in [5.41, 5.74) is 0. The van der Waals surface area contributed by atoms with Gasteiger partial charge in [-0.3, -0.25) is 0 Å². The minimum atomic E-state index is 0.623. The molecule has 0 aliphatic heterocycles. The van der Waals surface area contributed by atoms with Gasteiger partial charge in [0.15, 0.2) is 0 Å². The summed E-state index contributed by atoms with van der Waals surface area (Å²) in [6.07, 6.45) is 0. The summed E-state index contributed by atoms with van der Waals surface area (Å²) in [6.45, 7) is 6.89. The predicted octanol–water partition coefficient (Wildman–Crippen LogP) is 1.87. The van der Waals surface area contributed by atoms with Crippen LogP contribution in [0.1, 0.15) is 0 Å². The molecule has 0 atom stereocenters. The average molecular weight is 118 g/mol. The molecule has 0 rings (SSSR count). The summed E-state index contributed by atoms with van der Waals surface area (Å²) < 4.78 is 0. The highest BCUT2D eigenvalue weighted by Gasteiger charge is 1.79. The van der Waals surface area contributed by atoms with E-state index < -0.39 is 0 Å². The van der Waals surface area contributed by atoms with Crippen molar-refractivity contribution in [3.05, 3.63) is 23.0 Å². The molecule has 0 saturated carbocycles. The van der Waals surface area contributed by atoms with Gasteiger partial charge >= 0.3 is 0 Å². The minimum Gasteiger partial charge on any atom is -0.143 e. The molecule has 0 bridgehead atoms. The van der Waals surface area contributed by atoms with Gasteiger partial charge in [0.25, 0.3) is 0 Å². The Hall–Kier alpha value is 0.180. The molecular formula is C4H6S2. The lowest BCUT2D eigenvalue weighted by Gasteiger charge is -1.86. The molecule has 0 spiro atoms. The molecule has 6 heavy (non-hydrogen) atoms. The van der Waals surface area contributed by atoms with Crippen LogP contribution in [0.5, 0.6) is 0 Å². The van der Waals surface area contributed by atoms with Crippen LogP contribution in [-0.4, -0.2) is 0 Å². The first kappa shape index (κ1) is 6.18. The predicted molar refractivity (Wildman–Crippen MR) is 36.3 cm³/mol. The van der Waals surface area contributed by atoms with Crippen molar-refractivity contribution in [1.29, 1.82) is 0 Å². The van der Waals surface area contributed by atoms with E-state index >= 15 is 0 Å². The monoisotopic (exact) mass is 118 g/mol. The Labute approximate surface area is 48.8 Å². The van der Waals surface area contributed by atoms with Gasteiger partial charge in [-0.15, -0.1) is 25.3 Å². The van der Waals surface area contributed by atoms with Gasteiger partial charge in [-0.2, -0.15) is 0 Å². The van der Waals surface area contributed by atoms with Crippen molar-refractivity contribution < 1.29 is 0 Å². The molecule has 34 valence electrons. The van der Waals surface area contributed by atoms with Crippen LogP contribution in [0.2, 0.25) is 0 Å². The summed E-state index contributed by atoms with van der Waals surface area (Å²) in [5, 5.41) is 0. The third-order valence-electron chi connectivity index (χ3n) is 0.333. The van der Waals surface area contributed by atoms with E-state index in [0.717, 1.165) is 0 Å². The molecule has 0 nitrogen and oxygen atoms in total. The van der Waals surface area contributed by atoms with Crippen LogP contribution in [0, 0.1) is 0 Å². The topological polar surface area (TPSA) is 0 Å². The van der Waals surface area contributed by atoms with E-state index in [1.165, 1.54) is 0 Å². The lowest BCUT2D eigenvalue weighted by Crippen LogP contribution is -1.58. The highest BCUT2D eigenvalue weighted by molar-refractivity contribution is 7.90. The van der Waals surface area contributed by atoms with Gasteiger partial charge in [-0.25, -0.2) is 0 Å². The fraction of sp³-hybridized carbons (Fsp3) is 0. The SMILES string of the molecule is C=C(S)C(=C)S.